The Morgan fingerprint density at radius 3 is 1.90 bits per heavy atom. The number of carbonyl (C=O) groups excluding carboxylic acids is 2. The Morgan fingerprint density at radius 2 is 1.41 bits per heavy atom. The van der Waals surface area contributed by atoms with Crippen molar-refractivity contribution in [2.45, 2.75) is 36.8 Å². The first-order valence-corrected chi connectivity index (χ1v) is 11.1. The van der Waals surface area contributed by atoms with Crippen LogP contribution in [0.3, 0.4) is 0 Å². The number of rotatable bonds is 7. The van der Waals surface area contributed by atoms with E-state index in [1.54, 1.807) is 56.3 Å². The first-order chi connectivity index (χ1) is 13.8. The third kappa shape index (κ3) is 3.44. The van der Waals surface area contributed by atoms with Gasteiger partial charge in [-0.05, 0) is 38.5 Å². The molecule has 0 saturated heterocycles. The minimum Gasteiger partial charge on any atom is -0.465 e. The number of ether oxygens (including phenoxy) is 2. The predicted molar refractivity (Wildman–Crippen MR) is 107 cm³/mol. The van der Waals surface area contributed by atoms with E-state index in [0.29, 0.717) is 5.56 Å². The van der Waals surface area contributed by atoms with Crippen LogP contribution < -0.4 is 0 Å². The Hall–Kier alpha value is -2.67. The number of aryl methyl sites for hydroxylation is 1. The van der Waals surface area contributed by atoms with Crippen molar-refractivity contribution in [3.63, 3.8) is 0 Å². The molecule has 0 spiro atoms. The number of esters is 2. The third-order valence-electron chi connectivity index (χ3n) is 5.20. The molecule has 0 aromatic heterocycles. The molecule has 7 heteroatoms. The van der Waals surface area contributed by atoms with E-state index in [1.165, 1.54) is 12.1 Å². The number of carbonyl (C=O) groups is 2. The van der Waals surface area contributed by atoms with Gasteiger partial charge in [0.1, 0.15) is 5.25 Å². The molecule has 0 amide bonds. The SMILES string of the molecule is CCOC(=O)C1(C(=O)OCC)[C@H](c2ccccc2)[C@H]1S(=O)(=O)c1ccc(C)cc1. The maximum absolute atomic E-state index is 13.5. The van der Waals surface area contributed by atoms with Crippen LogP contribution >= 0.6 is 0 Å². The van der Waals surface area contributed by atoms with E-state index in [4.69, 9.17) is 9.47 Å². The summed E-state index contributed by atoms with van der Waals surface area (Å²) in [5, 5.41) is -1.29. The molecule has 1 aliphatic carbocycles. The second kappa shape index (κ2) is 7.99. The third-order valence-corrected chi connectivity index (χ3v) is 7.44. The van der Waals surface area contributed by atoms with Crippen LogP contribution in [-0.4, -0.2) is 38.8 Å². The predicted octanol–water partition coefficient (Wildman–Crippen LogP) is 3.05. The van der Waals surface area contributed by atoms with Crippen LogP contribution in [0, 0.1) is 12.3 Å². The Balaban J connectivity index is 2.18. The van der Waals surface area contributed by atoms with Crippen LogP contribution in [0.5, 0.6) is 0 Å². The molecule has 0 heterocycles. The van der Waals surface area contributed by atoms with Gasteiger partial charge < -0.3 is 9.47 Å². The fourth-order valence-corrected chi connectivity index (χ4v) is 6.11. The van der Waals surface area contributed by atoms with Crippen LogP contribution in [0.4, 0.5) is 0 Å². The van der Waals surface area contributed by atoms with Gasteiger partial charge in [0.15, 0.2) is 15.3 Å². The highest BCUT2D eigenvalue weighted by Gasteiger charge is 2.81. The van der Waals surface area contributed by atoms with Gasteiger partial charge in [-0.3, -0.25) is 9.59 Å². The first kappa shape index (κ1) is 21.0. The van der Waals surface area contributed by atoms with Crippen molar-refractivity contribution in [2.24, 2.45) is 5.41 Å². The Labute approximate surface area is 170 Å². The maximum Gasteiger partial charge on any atom is 0.325 e. The Bertz CT molecular complexity index is 977. The second-order valence-electron chi connectivity index (χ2n) is 6.98. The summed E-state index contributed by atoms with van der Waals surface area (Å²) in [7, 11) is -4.02. The summed E-state index contributed by atoms with van der Waals surface area (Å²) in [4.78, 5) is 26.0. The van der Waals surface area contributed by atoms with Crippen molar-refractivity contribution in [1.82, 2.24) is 0 Å². The van der Waals surface area contributed by atoms with Crippen LogP contribution in [0.2, 0.25) is 0 Å². The molecule has 6 nitrogen and oxygen atoms in total. The molecule has 0 N–H and O–H groups in total. The summed E-state index contributed by atoms with van der Waals surface area (Å²) in [6, 6.07) is 15.0. The lowest BCUT2D eigenvalue weighted by molar-refractivity contribution is -0.164. The van der Waals surface area contributed by atoms with Crippen molar-refractivity contribution in [3.8, 4) is 0 Å². The van der Waals surface area contributed by atoms with Gasteiger partial charge in [-0.1, -0.05) is 48.0 Å². The van der Waals surface area contributed by atoms with Crippen LogP contribution in [0.1, 0.15) is 30.9 Å². The van der Waals surface area contributed by atoms with E-state index < -0.39 is 38.4 Å². The molecule has 154 valence electrons. The lowest BCUT2D eigenvalue weighted by Gasteiger charge is -2.15. The fourth-order valence-electron chi connectivity index (χ4n) is 3.82. The zero-order valence-electron chi connectivity index (χ0n) is 16.6. The Morgan fingerprint density at radius 1 is 0.897 bits per heavy atom. The molecule has 1 saturated carbocycles. The molecule has 3 rings (SSSR count). The average Bonchev–Trinajstić information content (AvgIpc) is 3.42. The smallest absolute Gasteiger partial charge is 0.325 e. The molecule has 0 bridgehead atoms. The van der Waals surface area contributed by atoms with Crippen LogP contribution in [0.25, 0.3) is 0 Å². The van der Waals surface area contributed by atoms with Crippen LogP contribution in [-0.2, 0) is 28.9 Å². The second-order valence-corrected chi connectivity index (χ2v) is 9.05. The maximum atomic E-state index is 13.5. The quantitative estimate of drug-likeness (QED) is 0.509. The van der Waals surface area contributed by atoms with Gasteiger partial charge in [-0.25, -0.2) is 8.42 Å². The molecule has 29 heavy (non-hydrogen) atoms. The summed E-state index contributed by atoms with van der Waals surface area (Å²) >= 11 is 0. The molecule has 2 aromatic rings. The molecule has 0 unspecified atom stereocenters. The largest absolute Gasteiger partial charge is 0.465 e. The normalized spacial score (nSPS) is 20.0. The first-order valence-electron chi connectivity index (χ1n) is 9.51. The van der Waals surface area contributed by atoms with Gasteiger partial charge >= 0.3 is 11.9 Å². The van der Waals surface area contributed by atoms with Gasteiger partial charge in [0, 0.05) is 5.92 Å². The molecule has 0 aliphatic heterocycles. The van der Waals surface area contributed by atoms with Gasteiger partial charge in [0.25, 0.3) is 0 Å². The van der Waals surface area contributed by atoms with Crippen molar-refractivity contribution in [2.75, 3.05) is 13.2 Å². The highest BCUT2D eigenvalue weighted by atomic mass is 32.2. The van der Waals surface area contributed by atoms with Crippen LogP contribution in [0.15, 0.2) is 59.5 Å². The fraction of sp³-hybridized carbons (Fsp3) is 0.364. The monoisotopic (exact) mass is 416 g/mol. The Kier molecular flexibility index (Phi) is 5.80. The topological polar surface area (TPSA) is 86.7 Å². The van der Waals surface area contributed by atoms with E-state index in [-0.39, 0.29) is 18.1 Å². The highest BCUT2D eigenvalue weighted by Crippen LogP contribution is 2.65. The molecular weight excluding hydrogens is 392 g/mol. The minimum absolute atomic E-state index is 0.0266. The summed E-state index contributed by atoms with van der Waals surface area (Å²) in [6.07, 6.45) is 0. The van der Waals surface area contributed by atoms with Crippen molar-refractivity contribution >= 4 is 21.8 Å². The minimum atomic E-state index is -4.02. The summed E-state index contributed by atoms with van der Waals surface area (Å²) in [6.45, 7) is 5.12. The lowest BCUT2D eigenvalue weighted by atomic mass is 9.99. The molecule has 1 fully saturated rings. The van der Waals surface area contributed by atoms with E-state index in [9.17, 15) is 18.0 Å². The van der Waals surface area contributed by atoms with Gasteiger partial charge in [-0.2, -0.15) is 0 Å². The van der Waals surface area contributed by atoms with Crippen molar-refractivity contribution in [1.29, 1.82) is 0 Å². The number of hydrogen-bond acceptors (Lipinski definition) is 6. The molecule has 2 aromatic carbocycles. The van der Waals surface area contributed by atoms with Gasteiger partial charge in [0.05, 0.1) is 18.1 Å². The molecule has 0 radical (unpaired) electrons. The van der Waals surface area contributed by atoms with E-state index in [1.807, 2.05) is 6.92 Å². The van der Waals surface area contributed by atoms with E-state index in [0.717, 1.165) is 5.56 Å². The van der Waals surface area contributed by atoms with Gasteiger partial charge in [-0.15, -0.1) is 0 Å². The number of hydrogen-bond donors (Lipinski definition) is 0. The summed E-state index contributed by atoms with van der Waals surface area (Å²) < 4.78 is 37.3. The highest BCUT2D eigenvalue weighted by molar-refractivity contribution is 7.92. The standard InChI is InChI=1S/C22H24O6S/c1-4-27-20(23)22(21(24)28-5-2)18(16-9-7-6-8-10-16)19(22)29(25,26)17-13-11-15(3)12-14-17/h6-14,18-19H,4-5H2,1-3H3/t18-,19-/m1/s1. The van der Waals surface area contributed by atoms with Gasteiger partial charge in [0.2, 0.25) is 0 Å². The van der Waals surface area contributed by atoms with Crippen molar-refractivity contribution < 1.29 is 27.5 Å². The number of benzene rings is 2. The summed E-state index contributed by atoms with van der Waals surface area (Å²) in [5.41, 5.74) is -0.437. The van der Waals surface area contributed by atoms with E-state index >= 15 is 0 Å². The summed E-state index contributed by atoms with van der Waals surface area (Å²) in [5.74, 6) is -2.62. The zero-order valence-corrected chi connectivity index (χ0v) is 17.4. The number of sulfone groups is 1. The molecule has 1 aliphatic rings. The van der Waals surface area contributed by atoms with E-state index in [2.05, 4.69) is 0 Å². The lowest BCUT2D eigenvalue weighted by Crippen LogP contribution is -2.35. The van der Waals surface area contributed by atoms with Crippen molar-refractivity contribution in [3.05, 3.63) is 65.7 Å². The molecular formula is C22H24O6S. The zero-order chi connectivity index (χ0) is 21.2. The average molecular weight is 416 g/mol. The molecule has 2 atom stereocenters.